The van der Waals surface area contributed by atoms with Crippen molar-refractivity contribution in [2.24, 2.45) is 7.05 Å². The highest BCUT2D eigenvalue weighted by atomic mass is 19.1. The maximum atomic E-state index is 13.6. The zero-order valence-corrected chi connectivity index (χ0v) is 11.5. The van der Waals surface area contributed by atoms with E-state index < -0.39 is 0 Å². The van der Waals surface area contributed by atoms with E-state index in [1.165, 1.54) is 18.9 Å². The first-order chi connectivity index (χ1) is 9.11. The molecule has 1 aromatic carbocycles. The van der Waals surface area contributed by atoms with Crippen LogP contribution in [0.1, 0.15) is 24.2 Å². The van der Waals surface area contributed by atoms with E-state index in [-0.39, 0.29) is 17.6 Å². The van der Waals surface area contributed by atoms with Crippen LogP contribution in [0.25, 0.3) is 0 Å². The average molecular weight is 262 g/mol. The van der Waals surface area contributed by atoms with Crippen molar-refractivity contribution in [2.75, 3.05) is 7.11 Å². The van der Waals surface area contributed by atoms with E-state index in [2.05, 4.69) is 16.0 Å². The second kappa shape index (κ2) is 5.89. The molecule has 0 amide bonds. The Labute approximate surface area is 113 Å². The Morgan fingerprint density at radius 2 is 2.16 bits per heavy atom. The highest BCUT2D eigenvalue weighted by Crippen LogP contribution is 2.21. The molecule has 2 rings (SSSR count). The Hall–Kier alpha value is -1.81. The first-order valence-electron chi connectivity index (χ1n) is 6.29. The van der Waals surface area contributed by atoms with Gasteiger partial charge in [-0.05, 0) is 36.8 Å². The number of methoxy groups -OCH3 is 1. The van der Waals surface area contributed by atoms with Crippen LogP contribution in [-0.2, 0) is 13.6 Å². The smallest absolute Gasteiger partial charge is 0.165 e. The van der Waals surface area contributed by atoms with Crippen molar-refractivity contribution in [3.63, 3.8) is 0 Å². The van der Waals surface area contributed by atoms with Gasteiger partial charge >= 0.3 is 0 Å². The van der Waals surface area contributed by atoms with Gasteiger partial charge in [0.1, 0.15) is 0 Å². The largest absolute Gasteiger partial charge is 0.494 e. The Bertz CT molecular complexity index is 551. The minimum Gasteiger partial charge on any atom is -0.494 e. The zero-order valence-electron chi connectivity index (χ0n) is 11.5. The number of hydrogen-bond donors (Lipinski definition) is 1. The molecule has 0 fully saturated rings. The van der Waals surface area contributed by atoms with Crippen LogP contribution in [0.2, 0.25) is 0 Å². The van der Waals surface area contributed by atoms with Crippen LogP contribution in [0, 0.1) is 5.82 Å². The Morgan fingerprint density at radius 1 is 1.37 bits per heavy atom. The van der Waals surface area contributed by atoms with E-state index in [9.17, 15) is 4.39 Å². The van der Waals surface area contributed by atoms with E-state index in [0.29, 0.717) is 0 Å². The van der Waals surface area contributed by atoms with Crippen molar-refractivity contribution in [1.82, 2.24) is 9.88 Å². The maximum Gasteiger partial charge on any atom is 0.165 e. The van der Waals surface area contributed by atoms with Gasteiger partial charge in [-0.15, -0.1) is 0 Å². The molecule has 0 aliphatic carbocycles. The number of halogens is 1. The average Bonchev–Trinajstić information content (AvgIpc) is 2.81. The van der Waals surface area contributed by atoms with Crippen LogP contribution in [0.15, 0.2) is 36.5 Å². The molecule has 0 saturated heterocycles. The van der Waals surface area contributed by atoms with Crippen molar-refractivity contribution in [3.05, 3.63) is 53.6 Å². The van der Waals surface area contributed by atoms with Crippen LogP contribution >= 0.6 is 0 Å². The fourth-order valence-corrected chi connectivity index (χ4v) is 2.01. The van der Waals surface area contributed by atoms with Gasteiger partial charge in [0.05, 0.1) is 7.11 Å². The molecule has 19 heavy (non-hydrogen) atoms. The molecular weight excluding hydrogens is 243 g/mol. The van der Waals surface area contributed by atoms with Gasteiger partial charge in [0.2, 0.25) is 0 Å². The molecule has 1 atom stereocenters. The fraction of sp³-hybridized carbons (Fsp3) is 0.333. The topological polar surface area (TPSA) is 26.2 Å². The number of aromatic nitrogens is 1. The minimum absolute atomic E-state index is 0.0790. The first-order valence-corrected chi connectivity index (χ1v) is 6.29. The van der Waals surface area contributed by atoms with Crippen LogP contribution in [0.4, 0.5) is 4.39 Å². The van der Waals surface area contributed by atoms with Gasteiger partial charge in [-0.2, -0.15) is 0 Å². The van der Waals surface area contributed by atoms with E-state index in [0.717, 1.165) is 12.1 Å². The number of benzene rings is 1. The molecule has 4 heteroatoms. The Balaban J connectivity index is 2.02. The predicted molar refractivity (Wildman–Crippen MR) is 73.6 cm³/mol. The number of nitrogens with zero attached hydrogens (tertiary/aromatic N) is 1. The second-order valence-corrected chi connectivity index (χ2v) is 4.61. The molecular formula is C15H19FN2O. The lowest BCUT2D eigenvalue weighted by molar-refractivity contribution is 0.385. The van der Waals surface area contributed by atoms with E-state index in [1.807, 2.05) is 32.3 Å². The first kappa shape index (κ1) is 13.6. The minimum atomic E-state index is -0.326. The molecule has 0 saturated carbocycles. The number of aryl methyl sites for hydroxylation is 1. The van der Waals surface area contributed by atoms with Crippen molar-refractivity contribution in [1.29, 1.82) is 0 Å². The molecule has 1 N–H and O–H groups in total. The van der Waals surface area contributed by atoms with Gasteiger partial charge in [-0.3, -0.25) is 0 Å². The summed E-state index contributed by atoms with van der Waals surface area (Å²) in [6.07, 6.45) is 2.01. The lowest BCUT2D eigenvalue weighted by Crippen LogP contribution is -2.19. The Kier molecular flexibility index (Phi) is 4.22. The van der Waals surface area contributed by atoms with Crippen LogP contribution < -0.4 is 10.1 Å². The summed E-state index contributed by atoms with van der Waals surface area (Å²) in [5.74, 6) is -0.0501. The van der Waals surface area contributed by atoms with Gasteiger partial charge in [0.25, 0.3) is 0 Å². The second-order valence-electron chi connectivity index (χ2n) is 4.61. The summed E-state index contributed by atoms with van der Waals surface area (Å²) in [4.78, 5) is 0. The summed E-state index contributed by atoms with van der Waals surface area (Å²) in [6, 6.07) is 9.20. The molecule has 1 heterocycles. The maximum absolute atomic E-state index is 13.6. The van der Waals surface area contributed by atoms with Crippen molar-refractivity contribution >= 4 is 0 Å². The molecule has 0 spiro atoms. The molecule has 102 valence electrons. The standard InChI is InChI=1S/C15H19FN2O/c1-11(17-10-13-5-4-8-18(13)2)12-6-7-15(19-3)14(16)9-12/h4-9,11,17H,10H2,1-3H3. The van der Waals surface area contributed by atoms with Gasteiger partial charge in [-0.25, -0.2) is 4.39 Å². The molecule has 2 aromatic rings. The van der Waals surface area contributed by atoms with Gasteiger partial charge in [0.15, 0.2) is 11.6 Å². The van der Waals surface area contributed by atoms with Gasteiger partial charge in [-0.1, -0.05) is 6.07 Å². The lowest BCUT2D eigenvalue weighted by Gasteiger charge is -2.15. The zero-order chi connectivity index (χ0) is 13.8. The fourth-order valence-electron chi connectivity index (χ4n) is 2.01. The summed E-state index contributed by atoms with van der Waals surface area (Å²) < 4.78 is 20.6. The molecule has 1 aromatic heterocycles. The molecule has 0 aliphatic rings. The Morgan fingerprint density at radius 3 is 2.74 bits per heavy atom. The van der Waals surface area contributed by atoms with E-state index >= 15 is 0 Å². The third-order valence-electron chi connectivity index (χ3n) is 3.32. The van der Waals surface area contributed by atoms with Gasteiger partial charge in [0, 0.05) is 31.5 Å². The normalized spacial score (nSPS) is 12.4. The van der Waals surface area contributed by atoms with Crippen LogP contribution in [0.3, 0.4) is 0 Å². The summed E-state index contributed by atoms with van der Waals surface area (Å²) >= 11 is 0. The molecule has 3 nitrogen and oxygen atoms in total. The van der Waals surface area contributed by atoms with Crippen molar-refractivity contribution in [3.8, 4) is 5.75 Å². The summed E-state index contributed by atoms with van der Waals surface area (Å²) in [5, 5.41) is 3.38. The molecule has 0 aliphatic heterocycles. The molecule has 0 bridgehead atoms. The number of hydrogen-bond acceptors (Lipinski definition) is 2. The number of rotatable bonds is 5. The predicted octanol–water partition coefficient (Wildman–Crippen LogP) is 3.02. The van der Waals surface area contributed by atoms with Crippen LogP contribution in [-0.4, -0.2) is 11.7 Å². The van der Waals surface area contributed by atoms with E-state index in [1.54, 1.807) is 6.07 Å². The highest BCUT2D eigenvalue weighted by Gasteiger charge is 2.09. The van der Waals surface area contributed by atoms with Gasteiger partial charge < -0.3 is 14.6 Å². The molecule has 1 unspecified atom stereocenters. The van der Waals surface area contributed by atoms with Crippen LogP contribution in [0.5, 0.6) is 5.75 Å². The lowest BCUT2D eigenvalue weighted by atomic mass is 10.1. The molecule has 0 radical (unpaired) electrons. The summed E-state index contributed by atoms with van der Waals surface area (Å²) in [5.41, 5.74) is 2.10. The summed E-state index contributed by atoms with van der Waals surface area (Å²) in [7, 11) is 3.48. The summed E-state index contributed by atoms with van der Waals surface area (Å²) in [6.45, 7) is 2.77. The highest BCUT2D eigenvalue weighted by molar-refractivity contribution is 5.30. The number of ether oxygens (including phenoxy) is 1. The SMILES string of the molecule is COc1ccc(C(C)NCc2cccn2C)cc1F. The van der Waals surface area contributed by atoms with Crippen molar-refractivity contribution < 1.29 is 9.13 Å². The van der Waals surface area contributed by atoms with Crippen molar-refractivity contribution in [2.45, 2.75) is 19.5 Å². The van der Waals surface area contributed by atoms with E-state index in [4.69, 9.17) is 4.74 Å². The number of nitrogens with one attached hydrogen (secondary N) is 1. The quantitative estimate of drug-likeness (QED) is 0.896. The monoisotopic (exact) mass is 262 g/mol. The third kappa shape index (κ3) is 3.15. The third-order valence-corrected chi connectivity index (χ3v) is 3.32.